The van der Waals surface area contributed by atoms with E-state index >= 15 is 0 Å². The molecule has 0 radical (unpaired) electrons. The molecule has 8 nitrogen and oxygen atoms in total. The van der Waals surface area contributed by atoms with Crippen molar-refractivity contribution in [3.05, 3.63) is 30.4 Å². The van der Waals surface area contributed by atoms with Gasteiger partial charge in [0.05, 0.1) is 18.1 Å². The van der Waals surface area contributed by atoms with Crippen LogP contribution >= 0.6 is 0 Å². The molecule has 1 saturated carbocycles. The summed E-state index contributed by atoms with van der Waals surface area (Å²) in [5.74, 6) is 1.59. The van der Waals surface area contributed by atoms with Gasteiger partial charge in [-0.15, -0.1) is 0 Å². The zero-order valence-electron chi connectivity index (χ0n) is 16.5. The second kappa shape index (κ2) is 7.84. The van der Waals surface area contributed by atoms with E-state index in [2.05, 4.69) is 10.1 Å². The van der Waals surface area contributed by atoms with Crippen molar-refractivity contribution in [1.29, 1.82) is 0 Å². The Balaban J connectivity index is 1.26. The molecule has 4 heterocycles. The summed E-state index contributed by atoms with van der Waals surface area (Å²) in [7, 11) is 0. The Morgan fingerprint density at radius 1 is 1.34 bits per heavy atom. The summed E-state index contributed by atoms with van der Waals surface area (Å²) in [6.07, 6.45) is 8.83. The lowest BCUT2D eigenvalue weighted by molar-refractivity contribution is -0.136. The Morgan fingerprint density at radius 2 is 2.31 bits per heavy atom. The van der Waals surface area contributed by atoms with Crippen molar-refractivity contribution in [2.24, 2.45) is 5.92 Å². The number of amides is 1. The van der Waals surface area contributed by atoms with Gasteiger partial charge in [-0.2, -0.15) is 4.98 Å². The van der Waals surface area contributed by atoms with Gasteiger partial charge in [-0.05, 0) is 43.7 Å². The van der Waals surface area contributed by atoms with Crippen molar-refractivity contribution in [2.45, 2.75) is 43.6 Å². The molecular weight excluding hydrogens is 372 g/mol. The van der Waals surface area contributed by atoms with Gasteiger partial charge in [0.1, 0.15) is 6.61 Å². The van der Waals surface area contributed by atoms with Crippen LogP contribution in [0.5, 0.6) is 0 Å². The molecule has 2 aromatic heterocycles. The largest absolute Gasteiger partial charge is 0.376 e. The fourth-order valence-corrected chi connectivity index (χ4v) is 5.01. The monoisotopic (exact) mass is 398 g/mol. The Morgan fingerprint density at radius 3 is 3.14 bits per heavy atom. The predicted octanol–water partition coefficient (Wildman–Crippen LogP) is 2.21. The molecule has 0 bridgehead atoms. The molecule has 0 N–H and O–H groups in total. The zero-order chi connectivity index (χ0) is 19.7. The summed E-state index contributed by atoms with van der Waals surface area (Å²) in [6.45, 7) is 2.74. The molecule has 5 rings (SSSR count). The molecule has 2 aromatic rings. The van der Waals surface area contributed by atoms with E-state index in [-0.39, 0.29) is 24.0 Å². The Hall–Kier alpha value is -2.32. The van der Waals surface area contributed by atoms with Crippen LogP contribution in [0.3, 0.4) is 0 Å². The topological polar surface area (TPSA) is 90.6 Å². The third kappa shape index (κ3) is 3.55. The third-order valence-electron chi connectivity index (χ3n) is 6.55. The first kappa shape index (κ1) is 18.7. The summed E-state index contributed by atoms with van der Waals surface area (Å²) >= 11 is 0. The van der Waals surface area contributed by atoms with Crippen molar-refractivity contribution in [2.75, 3.05) is 32.9 Å². The predicted molar refractivity (Wildman–Crippen MR) is 103 cm³/mol. The van der Waals surface area contributed by atoms with Crippen LogP contribution in [-0.4, -0.2) is 64.9 Å². The Bertz CT molecular complexity index is 851. The van der Waals surface area contributed by atoms with E-state index in [1.54, 1.807) is 12.4 Å². The minimum Gasteiger partial charge on any atom is -0.376 e. The number of fused-ring (bicyclic) bond motifs is 1. The van der Waals surface area contributed by atoms with E-state index < -0.39 is 0 Å². The highest BCUT2D eigenvalue weighted by Crippen LogP contribution is 2.50. The van der Waals surface area contributed by atoms with E-state index in [0.717, 1.165) is 50.8 Å². The SMILES string of the molecule is O=C(COC[C@@H]1CCCO1)N1C[C@H]2CCC[C@@]2(c2nc(-c3cccnc3)no2)C1. The zero-order valence-corrected chi connectivity index (χ0v) is 16.5. The molecule has 0 aromatic carbocycles. The summed E-state index contributed by atoms with van der Waals surface area (Å²) in [5.41, 5.74) is 0.597. The first-order valence-electron chi connectivity index (χ1n) is 10.5. The van der Waals surface area contributed by atoms with E-state index in [0.29, 0.717) is 30.8 Å². The van der Waals surface area contributed by atoms with Crippen LogP contribution in [-0.2, 0) is 19.7 Å². The van der Waals surface area contributed by atoms with Gasteiger partial charge in [0, 0.05) is 37.7 Å². The molecule has 1 amide bonds. The van der Waals surface area contributed by atoms with Gasteiger partial charge in [0.15, 0.2) is 0 Å². The maximum absolute atomic E-state index is 12.7. The van der Waals surface area contributed by atoms with E-state index in [1.807, 2.05) is 17.0 Å². The molecule has 0 unspecified atom stereocenters. The van der Waals surface area contributed by atoms with Crippen molar-refractivity contribution >= 4 is 5.91 Å². The number of ether oxygens (including phenoxy) is 2. The van der Waals surface area contributed by atoms with Gasteiger partial charge in [-0.1, -0.05) is 11.6 Å². The average Bonchev–Trinajstić information content (AvgIpc) is 3.51. The smallest absolute Gasteiger partial charge is 0.248 e. The quantitative estimate of drug-likeness (QED) is 0.737. The van der Waals surface area contributed by atoms with Gasteiger partial charge < -0.3 is 18.9 Å². The second-order valence-electron chi connectivity index (χ2n) is 8.33. The Labute approximate surface area is 169 Å². The number of aromatic nitrogens is 3. The first-order chi connectivity index (χ1) is 14.2. The van der Waals surface area contributed by atoms with E-state index in [4.69, 9.17) is 19.0 Å². The summed E-state index contributed by atoms with van der Waals surface area (Å²) in [5, 5.41) is 4.18. The van der Waals surface area contributed by atoms with Gasteiger partial charge in [-0.25, -0.2) is 0 Å². The maximum Gasteiger partial charge on any atom is 0.248 e. The summed E-state index contributed by atoms with van der Waals surface area (Å²) in [6, 6.07) is 3.77. The number of nitrogens with zero attached hydrogens (tertiary/aromatic N) is 4. The molecule has 3 atom stereocenters. The van der Waals surface area contributed by atoms with E-state index in [1.165, 1.54) is 0 Å². The number of carbonyl (C=O) groups excluding carboxylic acids is 1. The molecule has 3 fully saturated rings. The second-order valence-corrected chi connectivity index (χ2v) is 8.33. The van der Waals surface area contributed by atoms with Crippen LogP contribution in [0.15, 0.2) is 29.0 Å². The number of likely N-dealkylation sites (tertiary alicyclic amines) is 1. The summed E-state index contributed by atoms with van der Waals surface area (Å²) in [4.78, 5) is 23.5. The first-order valence-corrected chi connectivity index (χ1v) is 10.5. The van der Waals surface area contributed by atoms with Crippen molar-refractivity contribution < 1.29 is 18.8 Å². The minimum atomic E-state index is -0.238. The highest BCUT2D eigenvalue weighted by molar-refractivity contribution is 5.78. The Kier molecular flexibility index (Phi) is 5.05. The van der Waals surface area contributed by atoms with Crippen LogP contribution in [0.1, 0.15) is 38.0 Å². The van der Waals surface area contributed by atoms with Crippen LogP contribution in [0.4, 0.5) is 0 Å². The molecule has 29 heavy (non-hydrogen) atoms. The van der Waals surface area contributed by atoms with Gasteiger partial charge in [-0.3, -0.25) is 9.78 Å². The normalized spacial score (nSPS) is 28.8. The van der Waals surface area contributed by atoms with Gasteiger partial charge in [0.2, 0.25) is 17.6 Å². The fourth-order valence-electron chi connectivity index (χ4n) is 5.01. The van der Waals surface area contributed by atoms with Crippen molar-refractivity contribution in [3.8, 4) is 11.4 Å². The third-order valence-corrected chi connectivity index (χ3v) is 6.55. The van der Waals surface area contributed by atoms with Gasteiger partial charge >= 0.3 is 0 Å². The van der Waals surface area contributed by atoms with Crippen LogP contribution in [0.2, 0.25) is 0 Å². The highest BCUT2D eigenvalue weighted by atomic mass is 16.5. The summed E-state index contributed by atoms with van der Waals surface area (Å²) < 4.78 is 16.9. The highest BCUT2D eigenvalue weighted by Gasteiger charge is 2.55. The lowest BCUT2D eigenvalue weighted by Gasteiger charge is -2.24. The van der Waals surface area contributed by atoms with Crippen LogP contribution in [0.25, 0.3) is 11.4 Å². The number of rotatable bonds is 6. The number of hydrogen-bond acceptors (Lipinski definition) is 7. The van der Waals surface area contributed by atoms with Gasteiger partial charge in [0.25, 0.3) is 0 Å². The maximum atomic E-state index is 12.7. The standard InChI is InChI=1S/C21H26N4O4/c26-18(13-27-12-17-6-3-9-28-17)25-11-16-5-1-7-21(16,14-25)20-23-19(24-29-20)15-4-2-8-22-10-15/h2,4,8,10,16-17H,1,3,5-7,9,11-14H2/t16-,17+,21-/m1/s1. The van der Waals surface area contributed by atoms with Crippen molar-refractivity contribution in [3.63, 3.8) is 0 Å². The number of pyridine rings is 1. The lowest BCUT2D eigenvalue weighted by atomic mass is 9.80. The molecule has 2 saturated heterocycles. The molecular formula is C21H26N4O4. The number of carbonyl (C=O) groups is 1. The fraction of sp³-hybridized carbons (Fsp3) is 0.619. The van der Waals surface area contributed by atoms with Crippen molar-refractivity contribution in [1.82, 2.24) is 20.0 Å². The molecule has 0 spiro atoms. The molecule has 3 aliphatic rings. The molecule has 154 valence electrons. The van der Waals surface area contributed by atoms with Crippen LogP contribution < -0.4 is 0 Å². The molecule has 2 aliphatic heterocycles. The molecule has 1 aliphatic carbocycles. The average molecular weight is 398 g/mol. The lowest BCUT2D eigenvalue weighted by Crippen LogP contribution is -2.37. The number of hydrogen-bond donors (Lipinski definition) is 0. The van der Waals surface area contributed by atoms with E-state index in [9.17, 15) is 4.79 Å². The molecule has 8 heteroatoms. The van der Waals surface area contributed by atoms with Crippen LogP contribution in [0, 0.1) is 5.92 Å². The minimum absolute atomic E-state index is 0.0313.